The van der Waals surface area contributed by atoms with Crippen molar-refractivity contribution in [3.63, 3.8) is 0 Å². The van der Waals surface area contributed by atoms with E-state index < -0.39 is 7.38 Å². The molecule has 1 fully saturated rings. The zero-order valence-electron chi connectivity index (χ0n) is 7.91. The van der Waals surface area contributed by atoms with E-state index in [1.54, 1.807) is 0 Å². The molecule has 0 aromatic carbocycles. The van der Waals surface area contributed by atoms with E-state index in [1.807, 2.05) is 0 Å². The van der Waals surface area contributed by atoms with E-state index >= 15 is 0 Å². The van der Waals surface area contributed by atoms with Gasteiger partial charge in [-0.2, -0.15) is 11.1 Å². The van der Waals surface area contributed by atoms with E-state index in [1.165, 1.54) is 32.1 Å². The molecule has 1 aliphatic rings. The third-order valence-corrected chi connectivity index (χ3v) is 8.13. The average molecular weight is 191 g/mol. The van der Waals surface area contributed by atoms with Gasteiger partial charge in [-0.25, -0.2) is 0 Å². The van der Waals surface area contributed by atoms with Crippen LogP contribution in [0.1, 0.15) is 39.0 Å². The third kappa shape index (κ3) is 2.00. The van der Waals surface area contributed by atoms with Crippen molar-refractivity contribution in [1.82, 2.24) is 0 Å². The minimum atomic E-state index is -1.41. The first kappa shape index (κ1) is 9.59. The topological polar surface area (TPSA) is 0 Å². The fourth-order valence-corrected chi connectivity index (χ4v) is 4.04. The monoisotopic (exact) mass is 190 g/mol. The van der Waals surface area contributed by atoms with Crippen LogP contribution in [0, 0.1) is 0 Å². The molecule has 66 valence electrons. The summed E-state index contributed by atoms with van der Waals surface area (Å²) in [4.78, 5) is 0. The maximum absolute atomic E-state index is 6.49. The van der Waals surface area contributed by atoms with Gasteiger partial charge in [-0.3, -0.25) is 0 Å². The molecule has 2 heteroatoms. The van der Waals surface area contributed by atoms with E-state index in [4.69, 9.17) is 11.1 Å². The molecule has 11 heavy (non-hydrogen) atoms. The molecule has 0 saturated heterocycles. The minimum absolute atomic E-state index is 0.521. The van der Waals surface area contributed by atoms with Crippen LogP contribution in [-0.2, 0) is 0 Å². The van der Waals surface area contributed by atoms with Gasteiger partial charge in [0.1, 0.15) is 0 Å². The number of rotatable bonds is 1. The molecule has 0 aliphatic heterocycles. The first-order valence-electron chi connectivity index (χ1n) is 4.65. The largest absolute Gasteiger partial charge is 0.167 e. The second-order valence-corrected chi connectivity index (χ2v) is 11.6. The van der Waals surface area contributed by atoms with Gasteiger partial charge in [0, 0.05) is 0 Å². The molecule has 0 atom stereocenters. The summed E-state index contributed by atoms with van der Waals surface area (Å²) >= 11 is 6.49. The molecular weight excluding hydrogens is 172 g/mol. The lowest BCUT2D eigenvalue weighted by Gasteiger charge is -2.41. The van der Waals surface area contributed by atoms with Crippen LogP contribution in [0.25, 0.3) is 0 Å². The Morgan fingerprint density at radius 2 is 1.55 bits per heavy atom. The molecular formula is C9H19ClSi. The number of hydrogen-bond donors (Lipinski definition) is 0. The van der Waals surface area contributed by atoms with Crippen LogP contribution in [0.4, 0.5) is 0 Å². The third-order valence-electron chi connectivity index (χ3n) is 3.39. The van der Waals surface area contributed by atoms with E-state index in [9.17, 15) is 0 Å². The first-order chi connectivity index (χ1) is 4.96. The normalized spacial score (nSPS) is 25.1. The standard InChI is InChI=1S/C9H19ClSi/c1-9(11(2,3)10)7-5-4-6-8-9/h4-8H2,1-3H3. The lowest BCUT2D eigenvalue weighted by molar-refractivity contribution is 0.393. The highest BCUT2D eigenvalue weighted by atomic mass is 35.6. The predicted octanol–water partition coefficient (Wildman–Crippen LogP) is 4.15. The van der Waals surface area contributed by atoms with Gasteiger partial charge in [0.05, 0.1) is 0 Å². The lowest BCUT2D eigenvalue weighted by atomic mass is 9.90. The fourth-order valence-electron chi connectivity index (χ4n) is 1.93. The molecule has 0 heterocycles. The number of hydrogen-bond acceptors (Lipinski definition) is 0. The van der Waals surface area contributed by atoms with Gasteiger partial charge in [0.25, 0.3) is 0 Å². The first-order valence-corrected chi connectivity index (χ1v) is 8.66. The Hall–Kier alpha value is 0.507. The summed E-state index contributed by atoms with van der Waals surface area (Å²) in [7, 11) is -1.41. The molecule has 0 nitrogen and oxygen atoms in total. The summed E-state index contributed by atoms with van der Waals surface area (Å²) in [6.07, 6.45) is 6.97. The SMILES string of the molecule is CC1([Si](C)(C)Cl)CCCCC1. The van der Waals surface area contributed by atoms with E-state index in [0.717, 1.165) is 0 Å². The van der Waals surface area contributed by atoms with Crippen LogP contribution in [0.2, 0.25) is 18.1 Å². The molecule has 0 amide bonds. The van der Waals surface area contributed by atoms with Crippen LogP contribution in [0.3, 0.4) is 0 Å². The van der Waals surface area contributed by atoms with Crippen molar-refractivity contribution < 1.29 is 0 Å². The smallest absolute Gasteiger partial charge is 0.156 e. The van der Waals surface area contributed by atoms with Crippen molar-refractivity contribution in [2.45, 2.75) is 57.2 Å². The Kier molecular flexibility index (Phi) is 2.70. The summed E-state index contributed by atoms with van der Waals surface area (Å²) in [6.45, 7) is 6.98. The zero-order valence-corrected chi connectivity index (χ0v) is 9.67. The Morgan fingerprint density at radius 3 is 1.82 bits per heavy atom. The maximum Gasteiger partial charge on any atom is 0.156 e. The van der Waals surface area contributed by atoms with Gasteiger partial charge in [-0.15, -0.1) is 0 Å². The van der Waals surface area contributed by atoms with Gasteiger partial charge in [-0.05, 0) is 17.9 Å². The summed E-state index contributed by atoms with van der Waals surface area (Å²) in [6, 6.07) is 0. The zero-order chi connectivity index (χ0) is 8.54. The maximum atomic E-state index is 6.49. The van der Waals surface area contributed by atoms with Gasteiger partial charge >= 0.3 is 0 Å². The van der Waals surface area contributed by atoms with Crippen molar-refractivity contribution in [2.75, 3.05) is 0 Å². The average Bonchev–Trinajstić information content (AvgIpc) is 1.87. The highest BCUT2D eigenvalue weighted by molar-refractivity contribution is 7.20. The molecule has 0 aromatic heterocycles. The van der Waals surface area contributed by atoms with Gasteiger partial charge in [0.15, 0.2) is 7.38 Å². The lowest BCUT2D eigenvalue weighted by Crippen LogP contribution is -2.36. The van der Waals surface area contributed by atoms with Gasteiger partial charge in [-0.1, -0.05) is 39.3 Å². The molecule has 0 unspecified atom stereocenters. The number of halogens is 1. The van der Waals surface area contributed by atoms with Gasteiger partial charge in [0.2, 0.25) is 0 Å². The summed E-state index contributed by atoms with van der Waals surface area (Å²) in [5, 5.41) is 0.521. The minimum Gasteiger partial charge on any atom is -0.167 e. The molecule has 0 aromatic rings. The Bertz CT molecular complexity index is 131. The second-order valence-electron chi connectivity index (χ2n) is 4.59. The van der Waals surface area contributed by atoms with Crippen LogP contribution >= 0.6 is 11.1 Å². The molecule has 1 rings (SSSR count). The quantitative estimate of drug-likeness (QED) is 0.431. The van der Waals surface area contributed by atoms with Crippen molar-refractivity contribution in [1.29, 1.82) is 0 Å². The van der Waals surface area contributed by atoms with E-state index in [0.29, 0.717) is 5.04 Å². The Morgan fingerprint density at radius 1 is 1.09 bits per heavy atom. The van der Waals surface area contributed by atoms with Crippen LogP contribution in [0.15, 0.2) is 0 Å². The molecule has 0 bridgehead atoms. The van der Waals surface area contributed by atoms with E-state index in [-0.39, 0.29) is 0 Å². The summed E-state index contributed by atoms with van der Waals surface area (Å²) in [5.41, 5.74) is 0. The van der Waals surface area contributed by atoms with E-state index in [2.05, 4.69) is 20.0 Å². The summed E-state index contributed by atoms with van der Waals surface area (Å²) < 4.78 is 0. The second kappa shape index (κ2) is 3.10. The predicted molar refractivity (Wildman–Crippen MR) is 54.8 cm³/mol. The molecule has 0 spiro atoms. The van der Waals surface area contributed by atoms with Crippen molar-refractivity contribution >= 4 is 18.5 Å². The van der Waals surface area contributed by atoms with Crippen molar-refractivity contribution in [3.8, 4) is 0 Å². The van der Waals surface area contributed by atoms with Gasteiger partial charge < -0.3 is 0 Å². The van der Waals surface area contributed by atoms with Crippen LogP contribution in [-0.4, -0.2) is 7.38 Å². The van der Waals surface area contributed by atoms with Crippen molar-refractivity contribution in [3.05, 3.63) is 0 Å². The highest BCUT2D eigenvalue weighted by Gasteiger charge is 2.42. The molecule has 0 radical (unpaired) electrons. The molecule has 1 saturated carbocycles. The fraction of sp³-hybridized carbons (Fsp3) is 1.00. The van der Waals surface area contributed by atoms with Crippen molar-refractivity contribution in [2.24, 2.45) is 0 Å². The molecule has 0 N–H and O–H groups in total. The Labute approximate surface area is 76.0 Å². The van der Waals surface area contributed by atoms with Crippen LogP contribution < -0.4 is 0 Å². The van der Waals surface area contributed by atoms with Crippen LogP contribution in [0.5, 0.6) is 0 Å². The Balaban J connectivity index is 2.64. The highest BCUT2D eigenvalue weighted by Crippen LogP contribution is 2.51. The molecule has 1 aliphatic carbocycles. The summed E-state index contributed by atoms with van der Waals surface area (Å²) in [5.74, 6) is 0.